The van der Waals surface area contributed by atoms with Crippen LogP contribution in [0.15, 0.2) is 29.2 Å². The number of nitro groups is 1. The molecule has 1 N–H and O–H groups in total. The number of nitrogens with zero attached hydrogens (tertiary/aromatic N) is 3. The second-order valence-corrected chi connectivity index (χ2v) is 10.7. The number of carbonyl (C=O) groups is 1. The van der Waals surface area contributed by atoms with Crippen LogP contribution in [0, 0.1) is 22.0 Å². The summed E-state index contributed by atoms with van der Waals surface area (Å²) in [7, 11) is -4.10. The Morgan fingerprint density at radius 2 is 1.90 bits per heavy atom. The zero-order chi connectivity index (χ0) is 22.2. The Morgan fingerprint density at radius 1 is 1.19 bits per heavy atom. The maximum absolute atomic E-state index is 13.7. The Hall–Kier alpha value is -2.04. The number of rotatable bonds is 7. The van der Waals surface area contributed by atoms with Crippen LogP contribution >= 0.6 is 0 Å². The monoisotopic (exact) mass is 451 g/mol. The molecule has 3 fully saturated rings. The lowest BCUT2D eigenvalue weighted by atomic mass is 9.70. The minimum atomic E-state index is -4.10. The van der Waals surface area contributed by atoms with Crippen molar-refractivity contribution in [2.75, 3.05) is 19.6 Å². The van der Waals surface area contributed by atoms with Crippen molar-refractivity contribution in [2.24, 2.45) is 11.8 Å². The van der Waals surface area contributed by atoms with Gasteiger partial charge in [0.25, 0.3) is 5.69 Å². The molecular weight excluding hydrogens is 422 g/mol. The van der Waals surface area contributed by atoms with E-state index in [9.17, 15) is 23.3 Å². The van der Waals surface area contributed by atoms with Crippen LogP contribution in [0.4, 0.5) is 5.69 Å². The molecule has 0 aromatic heterocycles. The fourth-order valence-electron chi connectivity index (χ4n) is 6.01. The number of para-hydroxylation sites is 1. The van der Waals surface area contributed by atoms with Gasteiger partial charge in [-0.3, -0.25) is 19.8 Å². The fourth-order valence-corrected chi connectivity index (χ4v) is 7.92. The number of nitro benzene ring substituents is 1. The SMILES string of the molecule is O=C(O)CCC[C@@H]1[C@H]2CCCN3CCC[C@@H](CN1S(=O)(=O)c1ccccc1[N+](=O)[O-])[C@@H]23. The maximum Gasteiger partial charge on any atom is 0.303 e. The summed E-state index contributed by atoms with van der Waals surface area (Å²) < 4.78 is 29.0. The Kier molecular flexibility index (Phi) is 6.32. The van der Waals surface area contributed by atoms with Gasteiger partial charge in [0.15, 0.2) is 4.90 Å². The molecule has 0 unspecified atom stereocenters. The third kappa shape index (κ3) is 4.20. The van der Waals surface area contributed by atoms with Crippen LogP contribution in [0.2, 0.25) is 0 Å². The van der Waals surface area contributed by atoms with Crippen molar-refractivity contribution < 1.29 is 23.2 Å². The first-order valence-corrected chi connectivity index (χ1v) is 12.5. The van der Waals surface area contributed by atoms with E-state index in [1.807, 2.05) is 0 Å². The summed E-state index contributed by atoms with van der Waals surface area (Å²) in [6, 6.07) is 5.48. The molecule has 0 saturated carbocycles. The maximum atomic E-state index is 13.7. The normalized spacial score (nSPS) is 29.3. The highest BCUT2D eigenvalue weighted by Gasteiger charge is 2.52. The van der Waals surface area contributed by atoms with Gasteiger partial charge in [0.2, 0.25) is 10.0 Å². The first-order chi connectivity index (χ1) is 14.8. The van der Waals surface area contributed by atoms with Gasteiger partial charge in [-0.25, -0.2) is 8.42 Å². The van der Waals surface area contributed by atoms with Crippen LogP contribution in [0.25, 0.3) is 0 Å². The summed E-state index contributed by atoms with van der Waals surface area (Å²) in [6.07, 6.45) is 4.69. The van der Waals surface area contributed by atoms with Crippen molar-refractivity contribution in [1.82, 2.24) is 9.21 Å². The predicted octanol–water partition coefficient (Wildman–Crippen LogP) is 2.71. The molecule has 170 valence electrons. The molecule has 3 aliphatic heterocycles. The van der Waals surface area contributed by atoms with E-state index < -0.39 is 26.6 Å². The van der Waals surface area contributed by atoms with Crippen LogP contribution in [-0.2, 0) is 14.8 Å². The molecule has 0 aliphatic carbocycles. The summed E-state index contributed by atoms with van der Waals surface area (Å²) in [4.78, 5) is 24.2. The molecule has 1 aromatic rings. The highest BCUT2D eigenvalue weighted by molar-refractivity contribution is 7.89. The molecule has 3 heterocycles. The number of carboxylic acid groups (broad SMARTS) is 1. The highest BCUT2D eigenvalue weighted by Crippen LogP contribution is 2.45. The Balaban J connectivity index is 1.72. The molecule has 9 nitrogen and oxygen atoms in total. The number of aliphatic carboxylic acids is 1. The van der Waals surface area contributed by atoms with E-state index in [0.29, 0.717) is 25.4 Å². The number of benzene rings is 1. The lowest BCUT2D eigenvalue weighted by molar-refractivity contribution is -0.387. The molecule has 0 spiro atoms. The molecule has 31 heavy (non-hydrogen) atoms. The largest absolute Gasteiger partial charge is 0.481 e. The Bertz CT molecular complexity index is 950. The minimum Gasteiger partial charge on any atom is -0.481 e. The number of carboxylic acids is 1. The third-order valence-electron chi connectivity index (χ3n) is 7.16. The van der Waals surface area contributed by atoms with E-state index in [0.717, 1.165) is 38.8 Å². The van der Waals surface area contributed by atoms with Gasteiger partial charge in [-0.15, -0.1) is 0 Å². The molecule has 0 radical (unpaired) electrons. The van der Waals surface area contributed by atoms with Gasteiger partial charge < -0.3 is 5.11 Å². The minimum absolute atomic E-state index is 0.0135. The Labute approximate surface area is 182 Å². The van der Waals surface area contributed by atoms with Gasteiger partial charge in [0.05, 0.1) is 4.92 Å². The van der Waals surface area contributed by atoms with Crippen molar-refractivity contribution in [3.05, 3.63) is 34.4 Å². The van der Waals surface area contributed by atoms with E-state index in [1.165, 1.54) is 28.6 Å². The van der Waals surface area contributed by atoms with Crippen LogP contribution in [0.3, 0.4) is 0 Å². The van der Waals surface area contributed by atoms with E-state index in [2.05, 4.69) is 4.90 Å². The van der Waals surface area contributed by atoms with Gasteiger partial charge in [-0.2, -0.15) is 4.31 Å². The van der Waals surface area contributed by atoms with Gasteiger partial charge in [0, 0.05) is 31.1 Å². The van der Waals surface area contributed by atoms with E-state index in [4.69, 9.17) is 5.11 Å². The van der Waals surface area contributed by atoms with E-state index in [1.54, 1.807) is 0 Å². The van der Waals surface area contributed by atoms with Crippen LogP contribution in [0.5, 0.6) is 0 Å². The average Bonchev–Trinajstić information content (AvgIpc) is 2.75. The lowest BCUT2D eigenvalue weighted by Crippen LogP contribution is -2.65. The summed E-state index contributed by atoms with van der Waals surface area (Å²) in [6.45, 7) is 2.39. The average molecular weight is 452 g/mol. The first kappa shape index (κ1) is 22.2. The van der Waals surface area contributed by atoms with Gasteiger partial charge in [-0.1, -0.05) is 12.1 Å². The number of sulfonamides is 1. The topological polar surface area (TPSA) is 121 Å². The van der Waals surface area contributed by atoms with Gasteiger partial charge in [-0.05, 0) is 69.5 Å². The van der Waals surface area contributed by atoms with Crippen molar-refractivity contribution in [1.29, 1.82) is 0 Å². The first-order valence-electron chi connectivity index (χ1n) is 11.0. The highest BCUT2D eigenvalue weighted by atomic mass is 32.2. The van der Waals surface area contributed by atoms with Crippen molar-refractivity contribution in [3.8, 4) is 0 Å². The third-order valence-corrected chi connectivity index (χ3v) is 9.10. The van der Waals surface area contributed by atoms with Crippen LogP contribution < -0.4 is 0 Å². The number of hydrogen-bond donors (Lipinski definition) is 1. The zero-order valence-corrected chi connectivity index (χ0v) is 18.2. The molecule has 4 atom stereocenters. The van der Waals surface area contributed by atoms with Gasteiger partial charge in [0.1, 0.15) is 0 Å². The molecule has 4 rings (SSSR count). The second-order valence-electron chi connectivity index (χ2n) is 8.89. The molecule has 3 saturated heterocycles. The molecule has 10 heteroatoms. The second kappa shape index (κ2) is 8.84. The summed E-state index contributed by atoms with van der Waals surface area (Å²) in [5, 5.41) is 20.6. The Morgan fingerprint density at radius 3 is 2.61 bits per heavy atom. The fraction of sp³-hybridized carbons (Fsp3) is 0.667. The molecule has 0 bridgehead atoms. The quantitative estimate of drug-likeness (QED) is 0.500. The van der Waals surface area contributed by atoms with Crippen molar-refractivity contribution in [3.63, 3.8) is 0 Å². The number of piperidine rings is 3. The van der Waals surface area contributed by atoms with Crippen molar-refractivity contribution in [2.45, 2.75) is 61.9 Å². The molecular formula is C21H29N3O6S. The summed E-state index contributed by atoms with van der Waals surface area (Å²) >= 11 is 0. The standard InChI is InChI=1S/C21H29N3O6S/c25-20(26)11-3-9-17-16-7-5-13-22-12-4-6-15(21(16)22)14-23(17)31(29,30)19-10-2-1-8-18(19)24(27)28/h1-2,8,10,15-17,21H,3-7,9,11-14H2,(H,25,26)/t15-,16+,17+,21-/m0/s1. The van der Waals surface area contributed by atoms with Crippen molar-refractivity contribution >= 4 is 21.7 Å². The zero-order valence-electron chi connectivity index (χ0n) is 17.4. The molecule has 0 amide bonds. The van der Waals surface area contributed by atoms with E-state index in [-0.39, 0.29) is 29.2 Å². The predicted molar refractivity (Wildman–Crippen MR) is 113 cm³/mol. The number of hydrogen-bond acceptors (Lipinski definition) is 6. The van der Waals surface area contributed by atoms with Gasteiger partial charge >= 0.3 is 5.97 Å². The van der Waals surface area contributed by atoms with E-state index >= 15 is 0 Å². The van der Waals surface area contributed by atoms with Crippen LogP contribution in [0.1, 0.15) is 44.9 Å². The summed E-state index contributed by atoms with van der Waals surface area (Å²) in [5.74, 6) is -0.573. The molecule has 3 aliphatic rings. The smallest absolute Gasteiger partial charge is 0.303 e. The lowest BCUT2D eigenvalue weighted by Gasteiger charge is -2.57. The van der Waals surface area contributed by atoms with Crippen LogP contribution in [-0.4, -0.2) is 65.3 Å². The molecule has 1 aromatic carbocycles. The summed E-state index contributed by atoms with van der Waals surface area (Å²) in [5.41, 5.74) is -0.414.